The summed E-state index contributed by atoms with van der Waals surface area (Å²) in [6.45, 7) is 7.48. The number of anilines is 1. The Balaban J connectivity index is 1.94. The molecule has 0 aliphatic rings. The summed E-state index contributed by atoms with van der Waals surface area (Å²) in [4.78, 5) is 19.9. The lowest BCUT2D eigenvalue weighted by atomic mass is 10.1. The molecular formula is C21H21ClN4O2. The maximum Gasteiger partial charge on any atom is 0.253 e. The van der Waals surface area contributed by atoms with Crippen molar-refractivity contribution >= 4 is 28.3 Å². The predicted molar refractivity (Wildman–Crippen MR) is 111 cm³/mol. The van der Waals surface area contributed by atoms with E-state index < -0.39 is 0 Å². The first-order valence-electron chi connectivity index (χ1n) is 8.96. The van der Waals surface area contributed by atoms with Crippen LogP contribution in [0, 0.1) is 18.3 Å². The topological polar surface area (TPSA) is 90.8 Å². The minimum atomic E-state index is -0.293. The molecule has 1 aromatic carbocycles. The maximum atomic E-state index is 12.6. The number of fused-ring (bicyclic) bond motifs is 1. The van der Waals surface area contributed by atoms with Crippen LogP contribution in [0.1, 0.15) is 43.6 Å². The van der Waals surface area contributed by atoms with Crippen molar-refractivity contribution < 1.29 is 4.74 Å². The zero-order valence-corrected chi connectivity index (χ0v) is 16.9. The number of H-pyrrole nitrogens is 1. The fourth-order valence-corrected chi connectivity index (χ4v) is 3.17. The number of aromatic amines is 1. The first kappa shape index (κ1) is 19.7. The van der Waals surface area contributed by atoms with Gasteiger partial charge in [-0.3, -0.25) is 4.79 Å². The number of nitriles is 1. The van der Waals surface area contributed by atoms with Gasteiger partial charge in [0.05, 0.1) is 33.9 Å². The van der Waals surface area contributed by atoms with Crippen molar-refractivity contribution in [1.29, 1.82) is 5.26 Å². The summed E-state index contributed by atoms with van der Waals surface area (Å²) in [5.74, 6) is 1.14. The first-order chi connectivity index (χ1) is 13.3. The number of nitrogens with one attached hydrogen (secondary N) is 2. The molecule has 3 aromatic rings. The molecule has 2 aromatic heterocycles. The van der Waals surface area contributed by atoms with E-state index in [-0.39, 0.29) is 17.7 Å². The van der Waals surface area contributed by atoms with Crippen molar-refractivity contribution in [2.75, 3.05) is 5.32 Å². The van der Waals surface area contributed by atoms with Crippen molar-refractivity contribution in [2.45, 2.75) is 39.8 Å². The molecule has 0 spiro atoms. The third-order valence-electron chi connectivity index (χ3n) is 4.33. The zero-order chi connectivity index (χ0) is 20.4. The van der Waals surface area contributed by atoms with Crippen LogP contribution in [0.2, 0.25) is 5.02 Å². The van der Waals surface area contributed by atoms with Crippen molar-refractivity contribution in [3.63, 3.8) is 0 Å². The molecule has 0 saturated carbocycles. The number of ether oxygens (including phenoxy) is 1. The summed E-state index contributed by atoms with van der Waals surface area (Å²) in [7, 11) is 0. The number of nitrogens with zero attached hydrogens (tertiary/aromatic N) is 2. The van der Waals surface area contributed by atoms with Gasteiger partial charge in [0.15, 0.2) is 0 Å². The normalized spacial score (nSPS) is 12.0. The largest absolute Gasteiger partial charge is 0.489 e. The minimum absolute atomic E-state index is 0.0199. The quantitative estimate of drug-likeness (QED) is 0.651. The van der Waals surface area contributed by atoms with Crippen molar-refractivity contribution in [3.8, 4) is 11.8 Å². The van der Waals surface area contributed by atoms with Gasteiger partial charge in [0.2, 0.25) is 0 Å². The van der Waals surface area contributed by atoms with Gasteiger partial charge in [-0.25, -0.2) is 4.98 Å². The van der Waals surface area contributed by atoms with Crippen molar-refractivity contribution in [3.05, 3.63) is 62.5 Å². The number of rotatable bonds is 5. The number of aryl methyl sites for hydroxylation is 1. The second-order valence-corrected chi connectivity index (χ2v) is 7.30. The second kappa shape index (κ2) is 7.91. The Morgan fingerprint density at radius 1 is 1.25 bits per heavy atom. The van der Waals surface area contributed by atoms with Crippen LogP contribution in [0.3, 0.4) is 0 Å². The highest BCUT2D eigenvalue weighted by Crippen LogP contribution is 2.30. The summed E-state index contributed by atoms with van der Waals surface area (Å²) in [6.07, 6.45) is -0.0199. The Bertz CT molecular complexity index is 1130. The molecule has 2 heterocycles. The Kier molecular flexibility index (Phi) is 5.57. The molecule has 0 amide bonds. The Morgan fingerprint density at radius 3 is 2.64 bits per heavy atom. The average Bonchev–Trinajstić information content (AvgIpc) is 2.62. The molecular weight excluding hydrogens is 376 g/mol. The lowest BCUT2D eigenvalue weighted by molar-refractivity contribution is 0.243. The molecule has 28 heavy (non-hydrogen) atoms. The fourth-order valence-electron chi connectivity index (χ4n) is 2.95. The predicted octanol–water partition coefficient (Wildman–Crippen LogP) is 4.72. The van der Waals surface area contributed by atoms with E-state index in [2.05, 4.69) is 21.4 Å². The second-order valence-electron chi connectivity index (χ2n) is 6.90. The molecule has 0 unspecified atom stereocenters. The average molecular weight is 397 g/mol. The Hall–Kier alpha value is -3.04. The minimum Gasteiger partial charge on any atom is -0.489 e. The molecule has 0 bridgehead atoms. The van der Waals surface area contributed by atoms with Crippen LogP contribution in [0.4, 0.5) is 5.82 Å². The third-order valence-corrected chi connectivity index (χ3v) is 4.62. The van der Waals surface area contributed by atoms with Gasteiger partial charge >= 0.3 is 0 Å². The SMILES string of the molecule is Cc1nc(N[C@@H](C)c2cc3cc(Cl)c(OC(C)C)cc3[nH]c2=O)ccc1C#N. The van der Waals surface area contributed by atoms with Crippen LogP contribution in [-0.2, 0) is 0 Å². The van der Waals surface area contributed by atoms with E-state index >= 15 is 0 Å². The van der Waals surface area contributed by atoms with Gasteiger partial charge in [0, 0.05) is 17.0 Å². The lowest BCUT2D eigenvalue weighted by Gasteiger charge is -2.16. The van der Waals surface area contributed by atoms with Crippen molar-refractivity contribution in [2.24, 2.45) is 0 Å². The van der Waals surface area contributed by atoms with Crippen LogP contribution in [0.5, 0.6) is 5.75 Å². The van der Waals surface area contributed by atoms with Gasteiger partial charge in [0.25, 0.3) is 5.56 Å². The van der Waals surface area contributed by atoms with Crippen LogP contribution in [0.25, 0.3) is 10.9 Å². The summed E-state index contributed by atoms with van der Waals surface area (Å²) < 4.78 is 5.68. The number of hydrogen-bond donors (Lipinski definition) is 2. The molecule has 0 saturated heterocycles. The van der Waals surface area contributed by atoms with Gasteiger partial charge in [0.1, 0.15) is 17.6 Å². The van der Waals surface area contributed by atoms with Gasteiger partial charge in [-0.2, -0.15) is 5.26 Å². The number of benzene rings is 1. The molecule has 0 aliphatic heterocycles. The fraction of sp³-hybridized carbons (Fsp3) is 0.286. The molecule has 6 nitrogen and oxygen atoms in total. The maximum absolute atomic E-state index is 12.6. The van der Waals surface area contributed by atoms with E-state index in [0.29, 0.717) is 38.9 Å². The third kappa shape index (κ3) is 4.10. The molecule has 2 N–H and O–H groups in total. The monoisotopic (exact) mass is 396 g/mol. The van der Waals surface area contributed by atoms with Crippen LogP contribution < -0.4 is 15.6 Å². The number of halogens is 1. The molecule has 3 rings (SSSR count). The number of hydrogen-bond acceptors (Lipinski definition) is 5. The molecule has 0 radical (unpaired) electrons. The Labute approximate surface area is 168 Å². The van der Waals surface area contributed by atoms with Gasteiger partial charge in [-0.05, 0) is 52.0 Å². The van der Waals surface area contributed by atoms with Gasteiger partial charge in [-0.15, -0.1) is 0 Å². The van der Waals surface area contributed by atoms with Crippen molar-refractivity contribution in [1.82, 2.24) is 9.97 Å². The Morgan fingerprint density at radius 2 is 2.00 bits per heavy atom. The van der Waals surface area contributed by atoms with E-state index in [1.165, 1.54) is 0 Å². The van der Waals surface area contributed by atoms with E-state index in [1.54, 1.807) is 31.2 Å². The summed E-state index contributed by atoms with van der Waals surface area (Å²) in [5.41, 5.74) is 2.18. The van der Waals surface area contributed by atoms with Gasteiger partial charge < -0.3 is 15.0 Å². The molecule has 144 valence electrons. The molecule has 0 fully saturated rings. The van der Waals surface area contributed by atoms with Crippen LogP contribution >= 0.6 is 11.6 Å². The smallest absolute Gasteiger partial charge is 0.253 e. The molecule has 0 aliphatic carbocycles. The summed E-state index contributed by atoms with van der Waals surface area (Å²) >= 11 is 6.33. The highest BCUT2D eigenvalue weighted by atomic mass is 35.5. The molecule has 1 atom stereocenters. The van der Waals surface area contributed by atoms with Crippen LogP contribution in [0.15, 0.2) is 35.1 Å². The number of pyridine rings is 2. The summed E-state index contributed by atoms with van der Waals surface area (Å²) in [6, 6.07) is 10.6. The zero-order valence-electron chi connectivity index (χ0n) is 16.1. The van der Waals surface area contributed by atoms with E-state index in [0.717, 1.165) is 5.39 Å². The lowest BCUT2D eigenvalue weighted by Crippen LogP contribution is -2.20. The van der Waals surface area contributed by atoms with Gasteiger partial charge in [-0.1, -0.05) is 11.6 Å². The highest BCUT2D eigenvalue weighted by molar-refractivity contribution is 6.32. The standard InChI is InChI=1S/C21H21ClN4O2/c1-11(2)28-19-9-18-15(8-17(19)22)7-16(21(27)26-18)13(4)25-20-6-5-14(10-23)12(3)24-20/h5-9,11,13H,1-4H3,(H,24,25)(H,26,27)/t13-/m0/s1. The number of aromatic nitrogens is 2. The van der Waals surface area contributed by atoms with E-state index in [1.807, 2.05) is 26.8 Å². The first-order valence-corrected chi connectivity index (χ1v) is 9.33. The van der Waals surface area contributed by atoms with E-state index in [9.17, 15) is 4.79 Å². The van der Waals surface area contributed by atoms with E-state index in [4.69, 9.17) is 21.6 Å². The summed E-state index contributed by atoms with van der Waals surface area (Å²) in [5, 5.41) is 13.5. The van der Waals surface area contributed by atoms with Crippen LogP contribution in [-0.4, -0.2) is 16.1 Å². The molecule has 7 heteroatoms. The highest BCUT2D eigenvalue weighted by Gasteiger charge is 2.14.